The molecule has 0 bridgehead atoms. The molecule has 2 aromatic rings. The van der Waals surface area contributed by atoms with Gasteiger partial charge >= 0.3 is 0 Å². The standard InChI is InChI=1S/C18H21N3O3/c1-2-23-16-11-7-6-10-15(16)20-18(22)13-24-21-17(19)12-14-8-4-3-5-9-14/h3-11H,2,12-13H2,1H3,(H2,19,21)(H,20,22). The van der Waals surface area contributed by atoms with Crippen LogP contribution in [0.2, 0.25) is 0 Å². The molecule has 24 heavy (non-hydrogen) atoms. The first-order valence-electron chi connectivity index (χ1n) is 7.69. The quantitative estimate of drug-likeness (QED) is 0.443. The number of nitrogens with two attached hydrogens (primary N) is 1. The number of para-hydroxylation sites is 2. The van der Waals surface area contributed by atoms with Gasteiger partial charge in [-0.15, -0.1) is 0 Å². The van der Waals surface area contributed by atoms with Gasteiger partial charge in [-0.25, -0.2) is 0 Å². The lowest BCUT2D eigenvalue weighted by Gasteiger charge is -2.10. The molecule has 0 unspecified atom stereocenters. The Morgan fingerprint density at radius 3 is 2.58 bits per heavy atom. The zero-order valence-electron chi connectivity index (χ0n) is 13.6. The Morgan fingerprint density at radius 1 is 1.12 bits per heavy atom. The Balaban J connectivity index is 1.82. The predicted molar refractivity (Wildman–Crippen MR) is 94.0 cm³/mol. The number of rotatable bonds is 8. The smallest absolute Gasteiger partial charge is 0.265 e. The van der Waals surface area contributed by atoms with Gasteiger partial charge in [0, 0.05) is 6.42 Å². The van der Waals surface area contributed by atoms with Crippen molar-refractivity contribution >= 4 is 17.4 Å². The second-order valence-corrected chi connectivity index (χ2v) is 5.00. The van der Waals surface area contributed by atoms with Gasteiger partial charge in [-0.1, -0.05) is 47.6 Å². The topological polar surface area (TPSA) is 85.9 Å². The SMILES string of the molecule is CCOc1ccccc1NC(=O)CO/N=C(\N)Cc1ccccc1. The van der Waals surface area contributed by atoms with Crippen LogP contribution < -0.4 is 15.8 Å². The fourth-order valence-corrected chi connectivity index (χ4v) is 2.05. The molecule has 1 amide bonds. The van der Waals surface area contributed by atoms with Crippen molar-refractivity contribution in [2.45, 2.75) is 13.3 Å². The number of nitrogens with zero attached hydrogens (tertiary/aromatic N) is 1. The van der Waals surface area contributed by atoms with E-state index in [0.717, 1.165) is 5.56 Å². The van der Waals surface area contributed by atoms with E-state index < -0.39 is 0 Å². The molecule has 0 aliphatic carbocycles. The Hall–Kier alpha value is -3.02. The number of amides is 1. The van der Waals surface area contributed by atoms with Gasteiger partial charge in [-0.3, -0.25) is 4.79 Å². The van der Waals surface area contributed by atoms with E-state index in [9.17, 15) is 4.79 Å². The van der Waals surface area contributed by atoms with Gasteiger partial charge in [-0.05, 0) is 24.6 Å². The molecule has 2 rings (SSSR count). The lowest BCUT2D eigenvalue weighted by molar-refractivity contribution is -0.120. The summed E-state index contributed by atoms with van der Waals surface area (Å²) in [6.45, 7) is 2.17. The van der Waals surface area contributed by atoms with E-state index in [2.05, 4.69) is 10.5 Å². The lowest BCUT2D eigenvalue weighted by Crippen LogP contribution is -2.20. The average molecular weight is 327 g/mol. The maximum Gasteiger partial charge on any atom is 0.265 e. The summed E-state index contributed by atoms with van der Waals surface area (Å²) in [6, 6.07) is 16.9. The van der Waals surface area contributed by atoms with E-state index in [1.807, 2.05) is 49.4 Å². The highest BCUT2D eigenvalue weighted by atomic mass is 16.6. The third-order valence-electron chi connectivity index (χ3n) is 3.07. The van der Waals surface area contributed by atoms with Crippen molar-refractivity contribution in [2.24, 2.45) is 10.9 Å². The molecule has 3 N–H and O–H groups in total. The van der Waals surface area contributed by atoms with Gasteiger partial charge in [0.15, 0.2) is 6.61 Å². The normalized spacial score (nSPS) is 11.0. The number of hydrogen-bond donors (Lipinski definition) is 2. The van der Waals surface area contributed by atoms with Crippen molar-refractivity contribution < 1.29 is 14.4 Å². The Morgan fingerprint density at radius 2 is 1.83 bits per heavy atom. The summed E-state index contributed by atoms with van der Waals surface area (Å²) >= 11 is 0. The zero-order valence-corrected chi connectivity index (χ0v) is 13.6. The van der Waals surface area contributed by atoms with E-state index in [-0.39, 0.29) is 12.5 Å². The number of amidine groups is 1. The number of anilines is 1. The van der Waals surface area contributed by atoms with Crippen molar-refractivity contribution in [1.29, 1.82) is 0 Å². The number of hydrogen-bond acceptors (Lipinski definition) is 4. The minimum atomic E-state index is -0.335. The molecule has 0 saturated heterocycles. The van der Waals surface area contributed by atoms with Gasteiger partial charge in [0.2, 0.25) is 0 Å². The molecule has 0 heterocycles. The Bertz CT molecular complexity index is 687. The van der Waals surface area contributed by atoms with Gasteiger partial charge in [0.1, 0.15) is 11.6 Å². The third kappa shape index (κ3) is 5.64. The molecule has 0 spiro atoms. The van der Waals surface area contributed by atoms with Crippen LogP contribution in [0.5, 0.6) is 5.75 Å². The molecule has 0 saturated carbocycles. The highest BCUT2D eigenvalue weighted by Crippen LogP contribution is 2.23. The van der Waals surface area contributed by atoms with Crippen LogP contribution >= 0.6 is 0 Å². The van der Waals surface area contributed by atoms with Crippen LogP contribution in [0.1, 0.15) is 12.5 Å². The maximum atomic E-state index is 11.9. The second kappa shape index (κ2) is 9.19. The number of carbonyl (C=O) groups excluding carboxylic acids is 1. The third-order valence-corrected chi connectivity index (χ3v) is 3.07. The minimum Gasteiger partial charge on any atom is -0.492 e. The van der Waals surface area contributed by atoms with Crippen LogP contribution in [0.3, 0.4) is 0 Å². The van der Waals surface area contributed by atoms with Crippen LogP contribution in [-0.4, -0.2) is 25.0 Å². The number of oxime groups is 1. The molecule has 126 valence electrons. The molecule has 0 aliphatic heterocycles. The monoisotopic (exact) mass is 327 g/mol. The fraction of sp³-hybridized carbons (Fsp3) is 0.222. The number of ether oxygens (including phenoxy) is 1. The first-order chi connectivity index (χ1) is 11.7. The Kier molecular flexibility index (Phi) is 6.64. The highest BCUT2D eigenvalue weighted by molar-refractivity contribution is 5.93. The summed E-state index contributed by atoms with van der Waals surface area (Å²) < 4.78 is 5.44. The molecule has 0 atom stereocenters. The number of nitrogens with one attached hydrogen (secondary N) is 1. The number of carbonyl (C=O) groups is 1. The fourth-order valence-electron chi connectivity index (χ4n) is 2.05. The van der Waals surface area contributed by atoms with E-state index in [1.54, 1.807) is 12.1 Å². The van der Waals surface area contributed by atoms with Crippen molar-refractivity contribution in [2.75, 3.05) is 18.5 Å². The second-order valence-electron chi connectivity index (χ2n) is 5.00. The van der Waals surface area contributed by atoms with Crippen LogP contribution in [0.25, 0.3) is 0 Å². The summed E-state index contributed by atoms with van der Waals surface area (Å²) in [5.74, 6) is 0.586. The van der Waals surface area contributed by atoms with Crippen LogP contribution in [0, 0.1) is 0 Å². The molecule has 0 radical (unpaired) electrons. The summed E-state index contributed by atoms with van der Waals surface area (Å²) in [4.78, 5) is 16.9. The van der Waals surface area contributed by atoms with Gasteiger partial charge in [0.05, 0.1) is 12.3 Å². The zero-order chi connectivity index (χ0) is 17.2. The molecule has 6 nitrogen and oxygen atoms in total. The van der Waals surface area contributed by atoms with Crippen LogP contribution in [0.4, 0.5) is 5.69 Å². The highest BCUT2D eigenvalue weighted by Gasteiger charge is 2.07. The molecule has 2 aromatic carbocycles. The molecule has 0 aromatic heterocycles. The van der Waals surface area contributed by atoms with Crippen molar-refractivity contribution in [3.8, 4) is 5.75 Å². The van der Waals surface area contributed by atoms with E-state index in [4.69, 9.17) is 15.3 Å². The summed E-state index contributed by atoms with van der Waals surface area (Å²) in [6.07, 6.45) is 0.468. The van der Waals surface area contributed by atoms with E-state index >= 15 is 0 Å². The van der Waals surface area contributed by atoms with E-state index in [0.29, 0.717) is 30.3 Å². The average Bonchev–Trinajstić information content (AvgIpc) is 2.58. The van der Waals surface area contributed by atoms with Crippen LogP contribution in [0.15, 0.2) is 59.8 Å². The minimum absolute atomic E-state index is 0.226. The van der Waals surface area contributed by atoms with Gasteiger partial charge < -0.3 is 20.6 Å². The first-order valence-corrected chi connectivity index (χ1v) is 7.69. The van der Waals surface area contributed by atoms with Crippen molar-refractivity contribution in [3.05, 3.63) is 60.2 Å². The van der Waals surface area contributed by atoms with Crippen molar-refractivity contribution in [3.63, 3.8) is 0 Å². The molecular weight excluding hydrogens is 306 g/mol. The maximum absolute atomic E-state index is 11.9. The largest absolute Gasteiger partial charge is 0.492 e. The summed E-state index contributed by atoms with van der Waals surface area (Å²) in [5, 5.41) is 6.48. The Labute approximate surface area is 141 Å². The molecular formula is C18H21N3O3. The lowest BCUT2D eigenvalue weighted by atomic mass is 10.1. The number of benzene rings is 2. The molecule has 0 aliphatic rings. The summed E-state index contributed by atoms with van der Waals surface area (Å²) in [7, 11) is 0. The molecule has 0 fully saturated rings. The van der Waals surface area contributed by atoms with Gasteiger partial charge in [-0.2, -0.15) is 0 Å². The first kappa shape index (κ1) is 17.3. The predicted octanol–water partition coefficient (Wildman–Crippen LogP) is 2.56. The van der Waals surface area contributed by atoms with Crippen molar-refractivity contribution in [1.82, 2.24) is 0 Å². The van der Waals surface area contributed by atoms with Gasteiger partial charge in [0.25, 0.3) is 5.91 Å². The summed E-state index contributed by atoms with van der Waals surface area (Å²) in [5.41, 5.74) is 7.40. The van der Waals surface area contributed by atoms with E-state index in [1.165, 1.54) is 0 Å². The molecule has 6 heteroatoms. The van der Waals surface area contributed by atoms with Crippen LogP contribution in [-0.2, 0) is 16.1 Å².